The summed E-state index contributed by atoms with van der Waals surface area (Å²) < 4.78 is 1.68. The molecule has 0 saturated heterocycles. The maximum atomic E-state index is 11.2. The third-order valence-electron chi connectivity index (χ3n) is 3.40. The zero-order chi connectivity index (χ0) is 13.3. The molecule has 1 aromatic heterocycles. The van der Waals surface area contributed by atoms with E-state index in [-0.39, 0.29) is 10.6 Å². The summed E-state index contributed by atoms with van der Waals surface area (Å²) in [6, 6.07) is 0. The van der Waals surface area contributed by atoms with Gasteiger partial charge in [-0.15, -0.1) is 0 Å². The van der Waals surface area contributed by atoms with Gasteiger partial charge in [0, 0.05) is 18.3 Å². The standard InChI is InChI=1S/C12H18BrN3O2/c1-3-4-10-12(16(17)18)11(15(2)14-10)7-9(13)8-5-6-8/h8-9H,3-7H2,1-2H3. The second kappa shape index (κ2) is 5.38. The van der Waals surface area contributed by atoms with E-state index in [9.17, 15) is 10.1 Å². The lowest BCUT2D eigenvalue weighted by atomic mass is 10.1. The second-order valence-electron chi connectivity index (χ2n) is 4.93. The number of hydrogen-bond acceptors (Lipinski definition) is 3. The number of alkyl halides is 1. The van der Waals surface area contributed by atoms with Crippen molar-refractivity contribution >= 4 is 21.6 Å². The number of nitrogens with zero attached hydrogens (tertiary/aromatic N) is 3. The van der Waals surface area contributed by atoms with E-state index in [1.165, 1.54) is 12.8 Å². The molecule has 1 aromatic rings. The molecule has 0 spiro atoms. The van der Waals surface area contributed by atoms with E-state index < -0.39 is 0 Å². The molecule has 0 radical (unpaired) electrons. The fourth-order valence-corrected chi connectivity index (χ4v) is 3.10. The van der Waals surface area contributed by atoms with E-state index >= 15 is 0 Å². The predicted molar refractivity (Wildman–Crippen MR) is 73.0 cm³/mol. The van der Waals surface area contributed by atoms with Crippen molar-refractivity contribution in [2.45, 2.75) is 43.9 Å². The molecule has 1 aliphatic rings. The summed E-state index contributed by atoms with van der Waals surface area (Å²) in [5.41, 5.74) is 1.59. The monoisotopic (exact) mass is 315 g/mol. The maximum Gasteiger partial charge on any atom is 0.313 e. The molecule has 100 valence electrons. The van der Waals surface area contributed by atoms with Crippen LogP contribution in [-0.4, -0.2) is 19.5 Å². The lowest BCUT2D eigenvalue weighted by Gasteiger charge is -2.07. The highest BCUT2D eigenvalue weighted by atomic mass is 79.9. The van der Waals surface area contributed by atoms with Crippen molar-refractivity contribution in [3.05, 3.63) is 21.5 Å². The van der Waals surface area contributed by atoms with E-state index in [0.29, 0.717) is 29.3 Å². The summed E-state index contributed by atoms with van der Waals surface area (Å²) >= 11 is 3.64. The van der Waals surface area contributed by atoms with Gasteiger partial charge in [0.25, 0.3) is 0 Å². The Morgan fingerprint density at radius 1 is 1.61 bits per heavy atom. The van der Waals surface area contributed by atoms with E-state index in [4.69, 9.17) is 0 Å². The number of nitro groups is 1. The van der Waals surface area contributed by atoms with Gasteiger partial charge in [-0.3, -0.25) is 14.8 Å². The van der Waals surface area contributed by atoms with E-state index in [1.807, 2.05) is 6.92 Å². The van der Waals surface area contributed by atoms with Crippen molar-refractivity contribution in [3.8, 4) is 0 Å². The van der Waals surface area contributed by atoms with Gasteiger partial charge in [-0.05, 0) is 25.2 Å². The van der Waals surface area contributed by atoms with E-state index in [2.05, 4.69) is 21.0 Å². The van der Waals surface area contributed by atoms with E-state index in [1.54, 1.807) is 11.7 Å². The highest BCUT2D eigenvalue weighted by molar-refractivity contribution is 9.09. The molecule has 0 amide bonds. The minimum Gasteiger partial charge on any atom is -0.265 e. The third-order valence-corrected chi connectivity index (χ3v) is 4.47. The summed E-state index contributed by atoms with van der Waals surface area (Å²) in [5, 5.41) is 15.5. The maximum absolute atomic E-state index is 11.2. The van der Waals surface area contributed by atoms with Crippen molar-refractivity contribution in [3.63, 3.8) is 0 Å². The number of rotatable bonds is 6. The van der Waals surface area contributed by atoms with Crippen LogP contribution in [0, 0.1) is 16.0 Å². The molecule has 1 heterocycles. The molecule has 5 nitrogen and oxygen atoms in total. The van der Waals surface area contributed by atoms with Gasteiger partial charge < -0.3 is 0 Å². The Labute approximate surface area is 115 Å². The number of aromatic nitrogens is 2. The van der Waals surface area contributed by atoms with Crippen molar-refractivity contribution in [2.75, 3.05) is 0 Å². The summed E-state index contributed by atoms with van der Waals surface area (Å²) in [4.78, 5) is 11.3. The summed E-state index contributed by atoms with van der Waals surface area (Å²) in [7, 11) is 1.80. The van der Waals surface area contributed by atoms with Gasteiger partial charge >= 0.3 is 5.69 Å². The van der Waals surface area contributed by atoms with E-state index in [0.717, 1.165) is 12.1 Å². The largest absolute Gasteiger partial charge is 0.313 e. The van der Waals surface area contributed by atoms with Crippen LogP contribution in [0.25, 0.3) is 0 Å². The molecule has 1 saturated carbocycles. The van der Waals surface area contributed by atoms with Crippen LogP contribution in [0.2, 0.25) is 0 Å². The van der Waals surface area contributed by atoms with Gasteiger partial charge in [0.2, 0.25) is 0 Å². The highest BCUT2D eigenvalue weighted by Gasteiger charge is 2.33. The molecule has 1 fully saturated rings. The topological polar surface area (TPSA) is 61.0 Å². The Hall–Kier alpha value is -0.910. The third kappa shape index (κ3) is 2.74. The second-order valence-corrected chi connectivity index (χ2v) is 6.11. The molecule has 1 aliphatic carbocycles. The van der Waals surface area contributed by atoms with Gasteiger partial charge in [0.05, 0.1) is 4.92 Å². The zero-order valence-electron chi connectivity index (χ0n) is 10.7. The van der Waals surface area contributed by atoms with Crippen molar-refractivity contribution in [1.82, 2.24) is 9.78 Å². The van der Waals surface area contributed by atoms with Crippen LogP contribution >= 0.6 is 15.9 Å². The molecule has 1 unspecified atom stereocenters. The SMILES string of the molecule is CCCc1nn(C)c(CC(Br)C2CC2)c1[N+](=O)[O-]. The fourth-order valence-electron chi connectivity index (χ4n) is 2.26. The molecule has 18 heavy (non-hydrogen) atoms. The smallest absolute Gasteiger partial charge is 0.265 e. The van der Waals surface area contributed by atoms with Gasteiger partial charge in [-0.1, -0.05) is 29.3 Å². The van der Waals surface area contributed by atoms with Crippen molar-refractivity contribution in [2.24, 2.45) is 13.0 Å². The number of hydrogen-bond donors (Lipinski definition) is 0. The molecule has 2 rings (SSSR count). The zero-order valence-corrected chi connectivity index (χ0v) is 12.3. The predicted octanol–water partition coefficient (Wildman–Crippen LogP) is 3.00. The molecule has 1 atom stereocenters. The van der Waals surface area contributed by atoms with Crippen molar-refractivity contribution < 1.29 is 4.92 Å². The van der Waals surface area contributed by atoms with Crippen LogP contribution in [0.3, 0.4) is 0 Å². The normalized spacial score (nSPS) is 16.8. The minimum atomic E-state index is -0.278. The molecule has 0 bridgehead atoms. The van der Waals surface area contributed by atoms with Crippen LogP contribution < -0.4 is 0 Å². The van der Waals surface area contributed by atoms with Crippen LogP contribution in [0.15, 0.2) is 0 Å². The summed E-state index contributed by atoms with van der Waals surface area (Å²) in [6.07, 6.45) is 4.68. The Morgan fingerprint density at radius 3 is 2.78 bits per heavy atom. The average molecular weight is 316 g/mol. The minimum absolute atomic E-state index is 0.226. The van der Waals surface area contributed by atoms with Crippen LogP contribution in [0.4, 0.5) is 5.69 Å². The Morgan fingerprint density at radius 2 is 2.28 bits per heavy atom. The van der Waals surface area contributed by atoms with Gasteiger partial charge in [0.15, 0.2) is 0 Å². The molecule has 0 aliphatic heterocycles. The van der Waals surface area contributed by atoms with Crippen molar-refractivity contribution in [1.29, 1.82) is 0 Å². The molecule has 0 N–H and O–H groups in total. The Kier molecular flexibility index (Phi) is 4.04. The first-order chi connectivity index (χ1) is 8.54. The average Bonchev–Trinajstić information content (AvgIpc) is 3.07. The highest BCUT2D eigenvalue weighted by Crippen LogP contribution is 2.39. The molecular weight excluding hydrogens is 298 g/mol. The molecule has 6 heteroatoms. The van der Waals surface area contributed by atoms with Gasteiger partial charge in [-0.2, -0.15) is 5.10 Å². The molecular formula is C12H18BrN3O2. The van der Waals surface area contributed by atoms with Crippen LogP contribution in [-0.2, 0) is 19.9 Å². The number of halogens is 1. The van der Waals surface area contributed by atoms with Gasteiger partial charge in [0.1, 0.15) is 11.4 Å². The fraction of sp³-hybridized carbons (Fsp3) is 0.750. The lowest BCUT2D eigenvalue weighted by Crippen LogP contribution is -2.10. The molecule has 0 aromatic carbocycles. The quantitative estimate of drug-likeness (QED) is 0.460. The first-order valence-corrected chi connectivity index (χ1v) is 7.29. The number of aryl methyl sites for hydroxylation is 2. The Balaban J connectivity index is 2.28. The Bertz CT molecular complexity index is 454. The lowest BCUT2D eigenvalue weighted by molar-refractivity contribution is -0.386. The van der Waals surface area contributed by atoms with Crippen LogP contribution in [0.1, 0.15) is 37.6 Å². The van der Waals surface area contributed by atoms with Gasteiger partial charge in [-0.25, -0.2) is 0 Å². The summed E-state index contributed by atoms with van der Waals surface area (Å²) in [5.74, 6) is 0.675. The summed E-state index contributed by atoms with van der Waals surface area (Å²) in [6.45, 7) is 2.01. The first-order valence-electron chi connectivity index (χ1n) is 6.37. The first kappa shape index (κ1) is 13.5. The van der Waals surface area contributed by atoms with Crippen LogP contribution in [0.5, 0.6) is 0 Å².